The summed E-state index contributed by atoms with van der Waals surface area (Å²) in [6.07, 6.45) is 3.54. The molecular formula is C14H25N5O3. The topological polar surface area (TPSA) is 95.1 Å². The molecular weight excluding hydrogens is 286 g/mol. The molecule has 22 heavy (non-hydrogen) atoms. The predicted molar refractivity (Wildman–Crippen MR) is 82.6 cm³/mol. The van der Waals surface area contributed by atoms with Gasteiger partial charge in [-0.2, -0.15) is 0 Å². The van der Waals surface area contributed by atoms with Crippen LogP contribution in [-0.4, -0.2) is 69.2 Å². The monoisotopic (exact) mass is 311 g/mol. The summed E-state index contributed by atoms with van der Waals surface area (Å²) in [5, 5.41) is 8.74. The van der Waals surface area contributed by atoms with E-state index in [1.165, 1.54) is 17.7 Å². The highest BCUT2D eigenvalue weighted by Crippen LogP contribution is 2.28. The van der Waals surface area contributed by atoms with Crippen LogP contribution in [0.4, 0.5) is 4.79 Å². The largest absolute Gasteiger partial charge is 0.381 e. The molecule has 3 N–H and O–H groups in total. The lowest BCUT2D eigenvalue weighted by molar-refractivity contribution is -0.124. The molecule has 0 unspecified atom stereocenters. The third-order valence-electron chi connectivity index (χ3n) is 3.60. The fraction of sp³-hybridized carbons (Fsp3) is 0.786. The standard InChI is InChI=1S/C14H25N5O3/c1-15-13(16-5-2-8-22-10-11-3-4-11)17-6-7-19-12(20)9-18-14(19)21/h11H,2-10H2,1H3,(H,18,21)(H2,15,16,17). The number of imide groups is 1. The van der Waals surface area contributed by atoms with Crippen LogP contribution in [0.5, 0.6) is 0 Å². The number of guanidine groups is 1. The zero-order chi connectivity index (χ0) is 15.8. The van der Waals surface area contributed by atoms with Crippen molar-refractivity contribution in [3.63, 3.8) is 0 Å². The summed E-state index contributed by atoms with van der Waals surface area (Å²) in [4.78, 5) is 28.1. The maximum Gasteiger partial charge on any atom is 0.324 e. The Kier molecular flexibility index (Phi) is 6.45. The SMILES string of the molecule is CN=C(NCCCOCC1CC1)NCCN1C(=O)CNC1=O. The van der Waals surface area contributed by atoms with Crippen LogP contribution in [0.2, 0.25) is 0 Å². The Balaban J connectivity index is 1.51. The molecule has 0 aromatic heterocycles. The number of rotatable bonds is 9. The molecule has 8 heteroatoms. The third kappa shape index (κ3) is 5.51. The molecule has 124 valence electrons. The van der Waals surface area contributed by atoms with Crippen molar-refractivity contribution in [1.82, 2.24) is 20.9 Å². The van der Waals surface area contributed by atoms with Gasteiger partial charge < -0.3 is 20.7 Å². The molecule has 2 rings (SSSR count). The van der Waals surface area contributed by atoms with Gasteiger partial charge in [0, 0.05) is 39.9 Å². The van der Waals surface area contributed by atoms with Crippen molar-refractivity contribution in [3.8, 4) is 0 Å². The van der Waals surface area contributed by atoms with E-state index < -0.39 is 0 Å². The number of hydrogen-bond acceptors (Lipinski definition) is 4. The van der Waals surface area contributed by atoms with Gasteiger partial charge >= 0.3 is 6.03 Å². The molecule has 1 aliphatic carbocycles. The van der Waals surface area contributed by atoms with Gasteiger partial charge in [-0.3, -0.25) is 14.7 Å². The fourth-order valence-electron chi connectivity index (χ4n) is 2.10. The highest BCUT2D eigenvalue weighted by atomic mass is 16.5. The Labute approximate surface area is 130 Å². The number of ether oxygens (including phenoxy) is 1. The number of nitrogens with one attached hydrogen (secondary N) is 3. The van der Waals surface area contributed by atoms with Crippen LogP contribution in [0.15, 0.2) is 4.99 Å². The molecule has 0 aromatic rings. The summed E-state index contributed by atoms with van der Waals surface area (Å²) in [5.41, 5.74) is 0. The first-order valence-corrected chi connectivity index (χ1v) is 7.81. The lowest BCUT2D eigenvalue weighted by Crippen LogP contribution is -2.43. The second-order valence-corrected chi connectivity index (χ2v) is 5.50. The van der Waals surface area contributed by atoms with E-state index in [2.05, 4.69) is 20.9 Å². The third-order valence-corrected chi connectivity index (χ3v) is 3.60. The molecule has 0 radical (unpaired) electrons. The highest BCUT2D eigenvalue weighted by molar-refractivity contribution is 6.01. The molecule has 0 spiro atoms. The Hall–Kier alpha value is -1.83. The summed E-state index contributed by atoms with van der Waals surface area (Å²) >= 11 is 0. The zero-order valence-electron chi connectivity index (χ0n) is 13.1. The fourth-order valence-corrected chi connectivity index (χ4v) is 2.10. The van der Waals surface area contributed by atoms with E-state index in [9.17, 15) is 9.59 Å². The molecule has 1 saturated heterocycles. The van der Waals surface area contributed by atoms with Gasteiger partial charge in [-0.25, -0.2) is 4.79 Å². The summed E-state index contributed by atoms with van der Waals surface area (Å²) in [7, 11) is 1.69. The van der Waals surface area contributed by atoms with Crippen LogP contribution in [0.1, 0.15) is 19.3 Å². The average molecular weight is 311 g/mol. The van der Waals surface area contributed by atoms with Gasteiger partial charge in [0.15, 0.2) is 5.96 Å². The second kappa shape index (κ2) is 8.57. The van der Waals surface area contributed by atoms with Crippen molar-refractivity contribution < 1.29 is 14.3 Å². The van der Waals surface area contributed by atoms with E-state index >= 15 is 0 Å². The second-order valence-electron chi connectivity index (χ2n) is 5.50. The molecule has 3 amide bonds. The van der Waals surface area contributed by atoms with Crippen LogP contribution >= 0.6 is 0 Å². The van der Waals surface area contributed by atoms with Gasteiger partial charge in [-0.1, -0.05) is 0 Å². The van der Waals surface area contributed by atoms with Crippen molar-refractivity contribution >= 4 is 17.9 Å². The van der Waals surface area contributed by atoms with Gasteiger partial charge in [0.1, 0.15) is 0 Å². The minimum atomic E-state index is -0.331. The van der Waals surface area contributed by atoms with Crippen molar-refractivity contribution in [2.24, 2.45) is 10.9 Å². The van der Waals surface area contributed by atoms with Gasteiger partial charge in [0.25, 0.3) is 0 Å². The van der Waals surface area contributed by atoms with Crippen molar-refractivity contribution in [1.29, 1.82) is 0 Å². The van der Waals surface area contributed by atoms with Gasteiger partial charge in [0.05, 0.1) is 6.54 Å². The van der Waals surface area contributed by atoms with Crippen LogP contribution in [0, 0.1) is 5.92 Å². The molecule has 2 fully saturated rings. The van der Waals surface area contributed by atoms with Crippen molar-refractivity contribution in [3.05, 3.63) is 0 Å². The van der Waals surface area contributed by atoms with E-state index in [1.54, 1.807) is 7.05 Å². The smallest absolute Gasteiger partial charge is 0.324 e. The summed E-state index contributed by atoms with van der Waals surface area (Å²) in [6.45, 7) is 3.30. The Morgan fingerprint density at radius 2 is 2.14 bits per heavy atom. The summed E-state index contributed by atoms with van der Waals surface area (Å²) in [5.74, 6) is 1.27. The first-order valence-electron chi connectivity index (χ1n) is 7.81. The quantitative estimate of drug-likeness (QED) is 0.231. The first kappa shape index (κ1) is 16.5. The maximum atomic E-state index is 11.4. The van der Waals surface area contributed by atoms with Gasteiger partial charge in [0.2, 0.25) is 5.91 Å². The Morgan fingerprint density at radius 1 is 1.36 bits per heavy atom. The molecule has 8 nitrogen and oxygen atoms in total. The predicted octanol–water partition coefficient (Wildman–Crippen LogP) is -0.480. The van der Waals surface area contributed by atoms with E-state index in [1.807, 2.05) is 0 Å². The molecule has 1 aliphatic heterocycles. The zero-order valence-corrected chi connectivity index (χ0v) is 13.1. The maximum absolute atomic E-state index is 11.4. The van der Waals surface area contributed by atoms with E-state index in [-0.39, 0.29) is 18.5 Å². The van der Waals surface area contributed by atoms with E-state index in [0.29, 0.717) is 19.0 Å². The highest BCUT2D eigenvalue weighted by Gasteiger charge is 2.27. The number of nitrogens with zero attached hydrogens (tertiary/aromatic N) is 2. The van der Waals surface area contributed by atoms with Gasteiger partial charge in [-0.15, -0.1) is 0 Å². The number of carbonyl (C=O) groups is 2. The normalized spacial score (nSPS) is 18.6. The minimum absolute atomic E-state index is 0.0899. The van der Waals surface area contributed by atoms with E-state index in [4.69, 9.17) is 4.74 Å². The molecule has 0 atom stereocenters. The van der Waals surface area contributed by atoms with Gasteiger partial charge in [-0.05, 0) is 25.2 Å². The number of urea groups is 1. The minimum Gasteiger partial charge on any atom is -0.381 e. The number of amides is 3. The molecule has 0 aromatic carbocycles. The number of aliphatic imine (C=N–C) groups is 1. The first-order chi connectivity index (χ1) is 10.7. The molecule has 1 saturated carbocycles. The molecule has 0 bridgehead atoms. The summed E-state index contributed by atoms with van der Waals surface area (Å²) in [6, 6.07) is -0.331. The average Bonchev–Trinajstić information content (AvgIpc) is 3.29. The van der Waals surface area contributed by atoms with E-state index in [0.717, 1.165) is 32.1 Å². The summed E-state index contributed by atoms with van der Waals surface area (Å²) < 4.78 is 5.56. The van der Waals surface area contributed by atoms with Crippen molar-refractivity contribution in [2.75, 3.05) is 46.4 Å². The lowest BCUT2D eigenvalue weighted by Gasteiger charge is -2.15. The Bertz CT molecular complexity index is 407. The number of carbonyl (C=O) groups excluding carboxylic acids is 2. The number of hydrogen-bond donors (Lipinski definition) is 3. The van der Waals surface area contributed by atoms with Crippen LogP contribution in [-0.2, 0) is 9.53 Å². The molecule has 1 heterocycles. The van der Waals surface area contributed by atoms with Crippen LogP contribution in [0.3, 0.4) is 0 Å². The van der Waals surface area contributed by atoms with Crippen molar-refractivity contribution in [2.45, 2.75) is 19.3 Å². The van der Waals surface area contributed by atoms with Crippen LogP contribution in [0.25, 0.3) is 0 Å². The van der Waals surface area contributed by atoms with Crippen LogP contribution < -0.4 is 16.0 Å². The Morgan fingerprint density at radius 3 is 2.77 bits per heavy atom. The molecule has 2 aliphatic rings. The lowest BCUT2D eigenvalue weighted by atomic mass is 10.4.